The van der Waals surface area contributed by atoms with Gasteiger partial charge in [0, 0.05) is 17.4 Å². The van der Waals surface area contributed by atoms with Crippen molar-refractivity contribution in [2.24, 2.45) is 0 Å². The fourth-order valence-corrected chi connectivity index (χ4v) is 4.49. The highest BCUT2D eigenvalue weighted by Gasteiger charge is 2.34. The van der Waals surface area contributed by atoms with Crippen LogP contribution in [0.15, 0.2) is 53.3 Å². The van der Waals surface area contributed by atoms with E-state index >= 15 is 0 Å². The van der Waals surface area contributed by atoms with Crippen LogP contribution in [0.25, 0.3) is 27.7 Å². The van der Waals surface area contributed by atoms with Crippen molar-refractivity contribution < 1.29 is 14.3 Å². The van der Waals surface area contributed by atoms with Gasteiger partial charge in [-0.1, -0.05) is 18.2 Å². The van der Waals surface area contributed by atoms with Crippen LogP contribution >= 0.6 is 0 Å². The lowest BCUT2D eigenvalue weighted by Crippen LogP contribution is -2.29. The molecule has 6 nitrogen and oxygen atoms in total. The molecule has 0 saturated heterocycles. The van der Waals surface area contributed by atoms with Crippen LogP contribution in [0, 0.1) is 0 Å². The first-order chi connectivity index (χ1) is 13.6. The number of carbonyl (C=O) groups excluding carboxylic acids is 1. The smallest absolute Gasteiger partial charge is 0.334 e. The lowest BCUT2D eigenvalue weighted by atomic mass is 9.98. The molecular formula is C22H16N2O4. The molecule has 4 heterocycles. The van der Waals surface area contributed by atoms with Crippen molar-refractivity contribution in [1.82, 2.24) is 8.97 Å². The molecular weight excluding hydrogens is 356 g/mol. The maximum Gasteiger partial charge on any atom is 0.334 e. The monoisotopic (exact) mass is 372 g/mol. The van der Waals surface area contributed by atoms with Gasteiger partial charge in [-0.15, -0.1) is 0 Å². The van der Waals surface area contributed by atoms with Gasteiger partial charge in [0.25, 0.3) is 0 Å². The highest BCUT2D eigenvalue weighted by atomic mass is 16.7. The summed E-state index contributed by atoms with van der Waals surface area (Å²) >= 11 is 0. The number of rotatable bonds is 2. The van der Waals surface area contributed by atoms with Crippen molar-refractivity contribution in [2.75, 3.05) is 6.79 Å². The summed E-state index contributed by atoms with van der Waals surface area (Å²) in [6, 6.07) is 15.3. The molecule has 0 saturated carbocycles. The second kappa shape index (κ2) is 5.25. The molecule has 1 atom stereocenters. The van der Waals surface area contributed by atoms with E-state index in [-0.39, 0.29) is 30.7 Å². The van der Waals surface area contributed by atoms with Crippen LogP contribution in [-0.4, -0.2) is 21.5 Å². The molecule has 138 valence electrons. The molecule has 0 bridgehead atoms. The molecule has 4 aromatic rings. The summed E-state index contributed by atoms with van der Waals surface area (Å²) in [5, 5.41) is 1.01. The van der Waals surface area contributed by atoms with Crippen molar-refractivity contribution >= 4 is 22.2 Å². The van der Waals surface area contributed by atoms with E-state index in [1.165, 1.54) is 0 Å². The number of Topliss-reactive ketones (excluding diaryl/α,β-unsaturated/α-hetero) is 1. The molecule has 2 aromatic carbocycles. The zero-order valence-corrected chi connectivity index (χ0v) is 15.1. The van der Waals surface area contributed by atoms with Crippen LogP contribution in [0.1, 0.15) is 24.9 Å². The fraction of sp³-hybridized carbons (Fsp3) is 0.182. The third-order valence-corrected chi connectivity index (χ3v) is 5.65. The van der Waals surface area contributed by atoms with Crippen molar-refractivity contribution in [3.63, 3.8) is 0 Å². The van der Waals surface area contributed by atoms with Crippen molar-refractivity contribution in [3.05, 3.63) is 64.6 Å². The zero-order chi connectivity index (χ0) is 19.0. The summed E-state index contributed by atoms with van der Waals surface area (Å²) in [6.45, 7) is 1.74. The van der Waals surface area contributed by atoms with E-state index in [1.54, 1.807) is 15.9 Å². The van der Waals surface area contributed by atoms with Gasteiger partial charge in [0.1, 0.15) is 5.78 Å². The lowest BCUT2D eigenvalue weighted by Gasteiger charge is -2.15. The normalized spacial score (nSPS) is 16.5. The van der Waals surface area contributed by atoms with Crippen LogP contribution in [0.4, 0.5) is 0 Å². The van der Waals surface area contributed by atoms with Crippen molar-refractivity contribution in [1.29, 1.82) is 0 Å². The Balaban J connectivity index is 1.72. The third kappa shape index (κ3) is 1.92. The minimum Gasteiger partial charge on any atom is -0.454 e. The molecule has 28 heavy (non-hydrogen) atoms. The van der Waals surface area contributed by atoms with Crippen LogP contribution < -0.4 is 15.2 Å². The lowest BCUT2D eigenvalue weighted by molar-refractivity contribution is -0.117. The Hall–Kier alpha value is -3.54. The van der Waals surface area contributed by atoms with Gasteiger partial charge in [-0.25, -0.2) is 4.79 Å². The van der Waals surface area contributed by atoms with E-state index in [1.807, 2.05) is 48.5 Å². The maximum atomic E-state index is 13.6. The zero-order valence-electron chi connectivity index (χ0n) is 15.1. The Kier molecular flexibility index (Phi) is 2.91. The van der Waals surface area contributed by atoms with Gasteiger partial charge < -0.3 is 9.47 Å². The van der Waals surface area contributed by atoms with Crippen molar-refractivity contribution in [3.8, 4) is 22.8 Å². The molecule has 0 fully saturated rings. The van der Waals surface area contributed by atoms with Crippen LogP contribution in [0.3, 0.4) is 0 Å². The molecule has 2 aromatic heterocycles. The van der Waals surface area contributed by atoms with Gasteiger partial charge in [0.2, 0.25) is 6.79 Å². The van der Waals surface area contributed by atoms with Gasteiger partial charge in [0.05, 0.1) is 22.8 Å². The number of benzene rings is 2. The van der Waals surface area contributed by atoms with E-state index < -0.39 is 0 Å². The van der Waals surface area contributed by atoms with E-state index in [0.717, 1.165) is 33.2 Å². The topological polar surface area (TPSA) is 61.9 Å². The standard InChI is InChI=1S/C22H16N2O4/c1-12(25)6-18-15-9-20-21(28-11-27-20)10-16(15)19-8-14-7-13-4-2-3-5-17(13)23(14)22(26)24(18)19/h2-5,7-10,18H,6,11H2,1H3. The molecule has 0 aliphatic carbocycles. The van der Waals surface area contributed by atoms with Crippen molar-refractivity contribution in [2.45, 2.75) is 19.4 Å². The summed E-state index contributed by atoms with van der Waals surface area (Å²) in [7, 11) is 0. The predicted molar refractivity (Wildman–Crippen MR) is 104 cm³/mol. The van der Waals surface area contributed by atoms with Crippen LogP contribution in [0.2, 0.25) is 0 Å². The number of fused-ring (bicyclic) bond motifs is 7. The first kappa shape index (κ1) is 15.5. The van der Waals surface area contributed by atoms with Crippen LogP contribution in [0.5, 0.6) is 11.5 Å². The average molecular weight is 372 g/mol. The van der Waals surface area contributed by atoms with E-state index in [0.29, 0.717) is 11.5 Å². The molecule has 0 radical (unpaired) electrons. The number of nitrogens with zero attached hydrogens (tertiary/aromatic N) is 2. The Morgan fingerprint density at radius 2 is 1.89 bits per heavy atom. The average Bonchev–Trinajstić information content (AvgIpc) is 3.35. The highest BCUT2D eigenvalue weighted by molar-refractivity contribution is 5.89. The molecule has 2 aliphatic heterocycles. The fourth-order valence-electron chi connectivity index (χ4n) is 4.49. The molecule has 6 rings (SSSR count). The summed E-state index contributed by atoms with van der Waals surface area (Å²) in [6.07, 6.45) is 0.254. The van der Waals surface area contributed by atoms with E-state index in [9.17, 15) is 9.59 Å². The predicted octanol–water partition coefficient (Wildman–Crippen LogP) is 3.53. The summed E-state index contributed by atoms with van der Waals surface area (Å²) in [4.78, 5) is 25.6. The first-order valence-corrected chi connectivity index (χ1v) is 9.21. The Morgan fingerprint density at radius 3 is 2.71 bits per heavy atom. The summed E-state index contributed by atoms with van der Waals surface area (Å²) in [5.74, 6) is 1.36. The summed E-state index contributed by atoms with van der Waals surface area (Å²) in [5.41, 5.74) is 4.21. The maximum absolute atomic E-state index is 13.6. The third-order valence-electron chi connectivity index (χ3n) is 5.65. The second-order valence-corrected chi connectivity index (χ2v) is 7.36. The number of para-hydroxylation sites is 1. The van der Waals surface area contributed by atoms with Gasteiger partial charge in [-0.2, -0.15) is 0 Å². The van der Waals surface area contributed by atoms with E-state index in [2.05, 4.69) is 0 Å². The number of aromatic nitrogens is 2. The number of ether oxygens (including phenoxy) is 2. The van der Waals surface area contributed by atoms with Gasteiger partial charge in [-0.05, 0) is 42.8 Å². The quantitative estimate of drug-likeness (QED) is 0.540. The van der Waals surface area contributed by atoms with Gasteiger partial charge in [-0.3, -0.25) is 13.8 Å². The molecule has 0 N–H and O–H groups in total. The molecule has 0 spiro atoms. The van der Waals surface area contributed by atoms with Crippen LogP contribution in [-0.2, 0) is 4.79 Å². The van der Waals surface area contributed by atoms with E-state index in [4.69, 9.17) is 9.47 Å². The Bertz CT molecular complexity index is 1380. The van der Waals surface area contributed by atoms with Gasteiger partial charge in [0.15, 0.2) is 11.5 Å². The number of carbonyl (C=O) groups is 1. The molecule has 6 heteroatoms. The Labute approximate surface area is 159 Å². The molecule has 2 aliphatic rings. The summed E-state index contributed by atoms with van der Waals surface area (Å²) < 4.78 is 14.5. The van der Waals surface area contributed by atoms with Gasteiger partial charge >= 0.3 is 5.69 Å². The Morgan fingerprint density at radius 1 is 1.11 bits per heavy atom. The second-order valence-electron chi connectivity index (χ2n) is 7.36. The number of ketones is 1. The minimum absolute atomic E-state index is 0.0332. The SMILES string of the molecule is CC(=O)CC1c2cc3c(cc2-c2cc4cc5ccccc5n4c(=O)n21)OCO3. The first-order valence-electron chi connectivity index (χ1n) is 9.21. The minimum atomic E-state index is -0.352. The largest absolute Gasteiger partial charge is 0.454 e. The highest BCUT2D eigenvalue weighted by Crippen LogP contribution is 2.47. The molecule has 1 unspecified atom stereocenters. The molecule has 0 amide bonds. The number of hydrogen-bond acceptors (Lipinski definition) is 4. The number of hydrogen-bond donors (Lipinski definition) is 0.